The summed E-state index contributed by atoms with van der Waals surface area (Å²) in [5.41, 5.74) is 4.15. The first-order valence-electron chi connectivity index (χ1n) is 9.86. The van der Waals surface area contributed by atoms with Crippen molar-refractivity contribution in [3.8, 4) is 21.8 Å². The summed E-state index contributed by atoms with van der Waals surface area (Å²) in [5.74, 6) is -0.310. The minimum Gasteiger partial charge on any atom is -0.347 e. The smallest absolute Gasteiger partial charge is 0.263 e. The van der Waals surface area contributed by atoms with E-state index in [1.807, 2.05) is 84.9 Å². The molecule has 0 fully saturated rings. The summed E-state index contributed by atoms with van der Waals surface area (Å²) < 4.78 is 0. The Morgan fingerprint density at radius 1 is 0.871 bits per heavy atom. The SMILES string of the molecule is CC(=O)Nc1cccc(CNC(=O)c2sc(-c3ccccc3)nc2-c2ccccc2)c1. The fraction of sp³-hybridized carbons (Fsp3) is 0.0800. The van der Waals surface area contributed by atoms with Crippen molar-refractivity contribution in [1.82, 2.24) is 10.3 Å². The maximum atomic E-state index is 13.1. The van der Waals surface area contributed by atoms with E-state index in [4.69, 9.17) is 4.98 Å². The summed E-state index contributed by atoms with van der Waals surface area (Å²) in [6.45, 7) is 1.81. The van der Waals surface area contributed by atoms with Crippen molar-refractivity contribution < 1.29 is 9.59 Å². The normalized spacial score (nSPS) is 10.5. The average molecular weight is 428 g/mol. The van der Waals surface area contributed by atoms with Crippen LogP contribution in [0, 0.1) is 0 Å². The van der Waals surface area contributed by atoms with Crippen molar-refractivity contribution in [3.63, 3.8) is 0 Å². The van der Waals surface area contributed by atoms with Gasteiger partial charge in [-0.1, -0.05) is 72.8 Å². The van der Waals surface area contributed by atoms with Crippen molar-refractivity contribution in [1.29, 1.82) is 0 Å². The number of nitrogens with zero attached hydrogens (tertiary/aromatic N) is 1. The number of benzene rings is 3. The molecule has 1 heterocycles. The highest BCUT2D eigenvalue weighted by atomic mass is 32.1. The molecular weight excluding hydrogens is 406 g/mol. The van der Waals surface area contributed by atoms with Gasteiger partial charge in [0.2, 0.25) is 5.91 Å². The number of carbonyl (C=O) groups excluding carboxylic acids is 2. The Hall–Kier alpha value is -3.77. The van der Waals surface area contributed by atoms with Gasteiger partial charge in [-0.3, -0.25) is 9.59 Å². The van der Waals surface area contributed by atoms with Gasteiger partial charge < -0.3 is 10.6 Å². The molecule has 0 unspecified atom stereocenters. The van der Waals surface area contributed by atoms with E-state index < -0.39 is 0 Å². The summed E-state index contributed by atoms with van der Waals surface area (Å²) in [6, 6.07) is 27.0. The topological polar surface area (TPSA) is 71.1 Å². The molecule has 154 valence electrons. The number of aromatic nitrogens is 1. The van der Waals surface area contributed by atoms with Gasteiger partial charge in [0, 0.05) is 30.3 Å². The maximum Gasteiger partial charge on any atom is 0.263 e. The van der Waals surface area contributed by atoms with Crippen LogP contribution in [0.25, 0.3) is 21.8 Å². The highest BCUT2D eigenvalue weighted by Gasteiger charge is 2.20. The van der Waals surface area contributed by atoms with Gasteiger partial charge in [0.25, 0.3) is 5.91 Å². The van der Waals surface area contributed by atoms with Crippen LogP contribution in [0.5, 0.6) is 0 Å². The lowest BCUT2D eigenvalue weighted by Gasteiger charge is -2.08. The Labute approximate surface area is 184 Å². The molecule has 0 saturated carbocycles. The molecule has 0 aliphatic rings. The predicted octanol–water partition coefficient (Wildman–Crippen LogP) is 5.37. The lowest BCUT2D eigenvalue weighted by molar-refractivity contribution is -0.114. The molecule has 0 atom stereocenters. The Morgan fingerprint density at radius 3 is 2.23 bits per heavy atom. The zero-order valence-corrected chi connectivity index (χ0v) is 17.8. The van der Waals surface area contributed by atoms with Crippen LogP contribution in [0.2, 0.25) is 0 Å². The van der Waals surface area contributed by atoms with Gasteiger partial charge in [-0.2, -0.15) is 0 Å². The second kappa shape index (κ2) is 9.36. The third-order valence-electron chi connectivity index (χ3n) is 4.60. The minimum absolute atomic E-state index is 0.133. The molecule has 2 amide bonds. The number of hydrogen-bond acceptors (Lipinski definition) is 4. The van der Waals surface area contributed by atoms with E-state index in [1.165, 1.54) is 18.3 Å². The molecule has 0 bridgehead atoms. The number of carbonyl (C=O) groups is 2. The zero-order valence-electron chi connectivity index (χ0n) is 17.0. The third kappa shape index (κ3) is 5.05. The molecule has 0 spiro atoms. The van der Waals surface area contributed by atoms with Gasteiger partial charge in [0.05, 0.1) is 5.69 Å². The first-order chi connectivity index (χ1) is 15.1. The summed E-state index contributed by atoms with van der Waals surface area (Å²) in [7, 11) is 0. The molecule has 0 aliphatic heterocycles. The van der Waals surface area contributed by atoms with Crippen LogP contribution < -0.4 is 10.6 Å². The molecule has 0 aliphatic carbocycles. The summed E-state index contributed by atoms with van der Waals surface area (Å²) in [5, 5.41) is 6.55. The summed E-state index contributed by atoms with van der Waals surface area (Å²) >= 11 is 1.38. The van der Waals surface area contributed by atoms with E-state index in [1.54, 1.807) is 0 Å². The lowest BCUT2D eigenvalue weighted by atomic mass is 10.1. The molecule has 31 heavy (non-hydrogen) atoms. The minimum atomic E-state index is -0.177. The number of amides is 2. The Balaban J connectivity index is 1.60. The van der Waals surface area contributed by atoms with Crippen molar-refractivity contribution in [2.45, 2.75) is 13.5 Å². The monoisotopic (exact) mass is 427 g/mol. The van der Waals surface area contributed by atoms with E-state index >= 15 is 0 Å². The van der Waals surface area contributed by atoms with E-state index in [2.05, 4.69) is 10.6 Å². The number of hydrogen-bond donors (Lipinski definition) is 2. The van der Waals surface area contributed by atoms with Crippen LogP contribution in [0.15, 0.2) is 84.9 Å². The van der Waals surface area contributed by atoms with E-state index in [0.717, 1.165) is 21.7 Å². The molecule has 5 nitrogen and oxygen atoms in total. The number of anilines is 1. The predicted molar refractivity (Wildman–Crippen MR) is 125 cm³/mol. The third-order valence-corrected chi connectivity index (χ3v) is 5.70. The fourth-order valence-electron chi connectivity index (χ4n) is 3.19. The molecule has 1 aromatic heterocycles. The van der Waals surface area contributed by atoms with Crippen molar-refractivity contribution in [2.75, 3.05) is 5.32 Å². The van der Waals surface area contributed by atoms with Gasteiger partial charge in [-0.05, 0) is 17.7 Å². The molecule has 2 N–H and O–H groups in total. The lowest BCUT2D eigenvalue weighted by Crippen LogP contribution is -2.22. The number of thiazole rings is 1. The molecule has 3 aromatic carbocycles. The van der Waals surface area contributed by atoms with Crippen molar-refractivity contribution in [3.05, 3.63) is 95.4 Å². The summed E-state index contributed by atoms with van der Waals surface area (Å²) in [6.07, 6.45) is 0. The Morgan fingerprint density at radius 2 is 1.55 bits per heavy atom. The first-order valence-corrected chi connectivity index (χ1v) is 10.7. The van der Waals surface area contributed by atoms with Gasteiger partial charge in [0.1, 0.15) is 9.88 Å². The number of rotatable bonds is 6. The van der Waals surface area contributed by atoms with Crippen LogP contribution >= 0.6 is 11.3 Å². The van der Waals surface area contributed by atoms with E-state index in [9.17, 15) is 9.59 Å². The molecule has 0 radical (unpaired) electrons. The van der Waals surface area contributed by atoms with Crippen LogP contribution in [0.3, 0.4) is 0 Å². The van der Waals surface area contributed by atoms with Crippen molar-refractivity contribution in [2.24, 2.45) is 0 Å². The zero-order chi connectivity index (χ0) is 21.6. The second-order valence-electron chi connectivity index (χ2n) is 6.99. The highest BCUT2D eigenvalue weighted by molar-refractivity contribution is 7.17. The highest BCUT2D eigenvalue weighted by Crippen LogP contribution is 2.33. The fourth-order valence-corrected chi connectivity index (χ4v) is 4.20. The van der Waals surface area contributed by atoms with Crippen LogP contribution in [-0.2, 0) is 11.3 Å². The van der Waals surface area contributed by atoms with Gasteiger partial charge in [-0.15, -0.1) is 11.3 Å². The first kappa shape index (κ1) is 20.5. The van der Waals surface area contributed by atoms with E-state index in [-0.39, 0.29) is 11.8 Å². The Kier molecular flexibility index (Phi) is 6.19. The molecule has 4 aromatic rings. The van der Waals surface area contributed by atoms with Crippen LogP contribution in [-0.4, -0.2) is 16.8 Å². The van der Waals surface area contributed by atoms with Crippen LogP contribution in [0.4, 0.5) is 5.69 Å². The quantitative estimate of drug-likeness (QED) is 0.435. The van der Waals surface area contributed by atoms with Gasteiger partial charge in [-0.25, -0.2) is 4.98 Å². The number of nitrogens with one attached hydrogen (secondary N) is 2. The van der Waals surface area contributed by atoms with Crippen LogP contribution in [0.1, 0.15) is 22.2 Å². The molecular formula is C25H21N3O2S. The van der Waals surface area contributed by atoms with Gasteiger partial charge in [0.15, 0.2) is 0 Å². The molecule has 4 rings (SSSR count). The van der Waals surface area contributed by atoms with E-state index in [0.29, 0.717) is 22.8 Å². The summed E-state index contributed by atoms with van der Waals surface area (Å²) in [4.78, 5) is 29.7. The van der Waals surface area contributed by atoms with Gasteiger partial charge >= 0.3 is 0 Å². The molecule has 6 heteroatoms. The maximum absolute atomic E-state index is 13.1. The standard InChI is InChI=1S/C25H21N3O2S/c1-17(29)27-21-14-8-9-18(15-21)16-26-24(30)23-22(19-10-4-2-5-11-19)28-25(31-23)20-12-6-3-7-13-20/h2-15H,16H2,1H3,(H,26,30)(H,27,29). The molecule has 0 saturated heterocycles. The second-order valence-corrected chi connectivity index (χ2v) is 7.99. The Bertz CT molecular complexity index is 1200. The largest absolute Gasteiger partial charge is 0.347 e. The average Bonchev–Trinajstić information content (AvgIpc) is 3.24. The van der Waals surface area contributed by atoms with Crippen molar-refractivity contribution >= 4 is 28.8 Å².